The van der Waals surface area contributed by atoms with Gasteiger partial charge in [-0.2, -0.15) is 0 Å². The summed E-state index contributed by atoms with van der Waals surface area (Å²) in [6.45, 7) is 10.0. The van der Waals surface area contributed by atoms with Crippen molar-refractivity contribution in [2.45, 2.75) is 77.4 Å². The van der Waals surface area contributed by atoms with Gasteiger partial charge in [0.05, 0.1) is 12.7 Å². The fourth-order valence-electron chi connectivity index (χ4n) is 4.75. The Bertz CT molecular complexity index is 869. The molecule has 1 aliphatic carbocycles. The lowest BCUT2D eigenvalue weighted by Gasteiger charge is -2.28. The van der Waals surface area contributed by atoms with Gasteiger partial charge >= 0.3 is 0 Å². The second-order valence-electron chi connectivity index (χ2n) is 9.52. The summed E-state index contributed by atoms with van der Waals surface area (Å²) in [4.78, 5) is 0. The molecule has 0 amide bonds. The number of ether oxygens (including phenoxy) is 3. The van der Waals surface area contributed by atoms with Crippen LogP contribution in [-0.4, -0.2) is 25.9 Å². The largest absolute Gasteiger partial charge is 0.490 e. The van der Waals surface area contributed by atoms with E-state index in [9.17, 15) is 0 Å². The first-order valence-electron chi connectivity index (χ1n) is 13.0. The average molecular weight is 466 g/mol. The molecule has 0 aromatic heterocycles. The van der Waals surface area contributed by atoms with E-state index in [1.54, 1.807) is 6.08 Å². The smallest absolute Gasteiger partial charge is 0.124 e. The molecule has 0 bridgehead atoms. The molecule has 2 heterocycles. The van der Waals surface area contributed by atoms with Crippen molar-refractivity contribution >= 4 is 0 Å². The highest BCUT2D eigenvalue weighted by atomic mass is 16.5. The number of hydrogen-bond acceptors (Lipinski definition) is 4. The molecule has 4 heteroatoms. The third kappa shape index (κ3) is 7.89. The van der Waals surface area contributed by atoms with Crippen LogP contribution in [0.4, 0.5) is 0 Å². The molecule has 0 radical (unpaired) electrons. The van der Waals surface area contributed by atoms with E-state index in [1.807, 2.05) is 6.92 Å². The Labute approximate surface area is 206 Å². The summed E-state index contributed by atoms with van der Waals surface area (Å²) < 4.78 is 17.6. The van der Waals surface area contributed by atoms with Crippen molar-refractivity contribution < 1.29 is 14.2 Å². The molecule has 34 heavy (non-hydrogen) atoms. The van der Waals surface area contributed by atoms with E-state index >= 15 is 0 Å². The first-order chi connectivity index (χ1) is 16.6. The average Bonchev–Trinajstić information content (AvgIpc) is 3.40. The number of benzene rings is 2. The quantitative estimate of drug-likeness (QED) is 0.497. The molecule has 2 N–H and O–H groups in total. The highest BCUT2D eigenvalue weighted by Gasteiger charge is 2.23. The molecule has 5 rings (SSSR count). The van der Waals surface area contributed by atoms with Gasteiger partial charge in [0.2, 0.25) is 0 Å². The van der Waals surface area contributed by atoms with Crippen molar-refractivity contribution in [3.63, 3.8) is 0 Å². The monoisotopic (exact) mass is 465 g/mol. The molecule has 2 aromatic rings. The number of hydrogen-bond donors (Lipinski definition) is 1. The molecule has 0 spiro atoms. The van der Waals surface area contributed by atoms with Gasteiger partial charge in [-0.25, -0.2) is 0 Å². The van der Waals surface area contributed by atoms with Gasteiger partial charge in [0.1, 0.15) is 17.6 Å². The maximum Gasteiger partial charge on any atom is 0.124 e. The highest BCUT2D eigenvalue weighted by Crippen LogP contribution is 2.38. The van der Waals surface area contributed by atoms with Crippen molar-refractivity contribution in [2.24, 2.45) is 11.7 Å². The van der Waals surface area contributed by atoms with E-state index in [0.717, 1.165) is 50.5 Å². The Hall–Kier alpha value is -2.30. The summed E-state index contributed by atoms with van der Waals surface area (Å²) in [6, 6.07) is 14.9. The number of allylic oxidation sites excluding steroid dienone is 1. The number of aryl methyl sites for hydroxylation is 2. The Morgan fingerprint density at radius 2 is 1.82 bits per heavy atom. The molecular formula is C30H43NO3. The minimum absolute atomic E-state index is 0.170. The van der Waals surface area contributed by atoms with Gasteiger partial charge in [-0.05, 0) is 106 Å². The third-order valence-electron chi connectivity index (χ3n) is 6.72. The lowest BCUT2D eigenvalue weighted by Crippen LogP contribution is -2.20. The van der Waals surface area contributed by atoms with E-state index in [1.165, 1.54) is 48.8 Å². The molecule has 3 aliphatic rings. The topological polar surface area (TPSA) is 53.7 Å². The van der Waals surface area contributed by atoms with Crippen LogP contribution < -0.4 is 15.2 Å². The Balaban J connectivity index is 0.000000272. The maximum atomic E-state index is 6.29. The summed E-state index contributed by atoms with van der Waals surface area (Å²) in [6.07, 6.45) is 11.9. The first kappa shape index (κ1) is 26.3. The van der Waals surface area contributed by atoms with Crippen molar-refractivity contribution in [1.29, 1.82) is 0 Å². The van der Waals surface area contributed by atoms with Crippen LogP contribution in [0.2, 0.25) is 0 Å². The Morgan fingerprint density at radius 1 is 1.06 bits per heavy atom. The van der Waals surface area contributed by atoms with Crippen molar-refractivity contribution in [2.75, 3.05) is 19.8 Å². The second kappa shape index (κ2) is 14.2. The summed E-state index contributed by atoms with van der Waals surface area (Å²) in [5, 5.41) is 0. The molecule has 2 aromatic carbocycles. The van der Waals surface area contributed by atoms with Crippen LogP contribution in [0, 0.1) is 12.8 Å². The molecule has 2 unspecified atom stereocenters. The highest BCUT2D eigenvalue weighted by molar-refractivity contribution is 5.43. The fraction of sp³-hybridized carbons (Fsp3) is 0.533. The van der Waals surface area contributed by atoms with E-state index in [2.05, 4.69) is 56.0 Å². The van der Waals surface area contributed by atoms with Gasteiger partial charge in [0, 0.05) is 6.61 Å². The molecule has 1 saturated carbocycles. The van der Waals surface area contributed by atoms with E-state index in [-0.39, 0.29) is 6.10 Å². The zero-order chi connectivity index (χ0) is 24.2. The van der Waals surface area contributed by atoms with Gasteiger partial charge in [-0.15, -0.1) is 6.58 Å². The van der Waals surface area contributed by atoms with Crippen LogP contribution in [0.15, 0.2) is 55.1 Å². The molecule has 2 atom stereocenters. The van der Waals surface area contributed by atoms with Crippen LogP contribution in [0.1, 0.15) is 74.7 Å². The van der Waals surface area contributed by atoms with E-state index < -0.39 is 0 Å². The summed E-state index contributed by atoms with van der Waals surface area (Å²) in [5.41, 5.74) is 9.26. The normalized spacial score (nSPS) is 21.6. The number of nitrogens with two attached hydrogens (primary N) is 1. The van der Waals surface area contributed by atoms with E-state index in [4.69, 9.17) is 19.9 Å². The zero-order valence-corrected chi connectivity index (χ0v) is 21.1. The standard InChI is InChI=1S/C22H26O2.C5H11NO.C3H6/c1-16-7-5-6-10-20(16)22-13-11-17-15-19(12-14-21(17)24-22)23-18-8-3-2-4-9-18;6-3-5-1-2-7-4-5;1-3-2/h5-7,10,12,14-15,18,22H,2-4,8-9,11,13H2,1H3;5H,1-4,6H2;3H,1H2,2H3. The van der Waals surface area contributed by atoms with Gasteiger partial charge in [0.25, 0.3) is 0 Å². The summed E-state index contributed by atoms with van der Waals surface area (Å²) in [7, 11) is 0. The van der Waals surface area contributed by atoms with Crippen LogP contribution in [0.5, 0.6) is 11.5 Å². The third-order valence-corrected chi connectivity index (χ3v) is 6.72. The summed E-state index contributed by atoms with van der Waals surface area (Å²) in [5.74, 6) is 2.68. The Kier molecular flexibility index (Phi) is 11.0. The molecular weight excluding hydrogens is 422 g/mol. The molecule has 4 nitrogen and oxygen atoms in total. The molecule has 2 fully saturated rings. The zero-order valence-electron chi connectivity index (χ0n) is 21.1. The van der Waals surface area contributed by atoms with E-state index in [0.29, 0.717) is 12.0 Å². The Morgan fingerprint density at radius 3 is 2.47 bits per heavy atom. The van der Waals surface area contributed by atoms with Crippen molar-refractivity contribution in [1.82, 2.24) is 0 Å². The fourth-order valence-corrected chi connectivity index (χ4v) is 4.75. The summed E-state index contributed by atoms with van der Waals surface area (Å²) >= 11 is 0. The van der Waals surface area contributed by atoms with Gasteiger partial charge < -0.3 is 19.9 Å². The molecule has 186 valence electrons. The second-order valence-corrected chi connectivity index (χ2v) is 9.52. The number of fused-ring (bicyclic) bond motifs is 1. The van der Waals surface area contributed by atoms with Crippen LogP contribution >= 0.6 is 0 Å². The predicted molar refractivity (Wildman–Crippen MR) is 141 cm³/mol. The SMILES string of the molecule is C=CC.Cc1ccccc1C1CCc2cc(OC3CCCCC3)ccc2O1.NCC1CCOC1. The predicted octanol–water partition coefficient (Wildman–Crippen LogP) is 6.95. The van der Waals surface area contributed by atoms with Gasteiger partial charge in [-0.3, -0.25) is 0 Å². The van der Waals surface area contributed by atoms with Crippen LogP contribution in [0.25, 0.3) is 0 Å². The van der Waals surface area contributed by atoms with Crippen LogP contribution in [-0.2, 0) is 11.2 Å². The van der Waals surface area contributed by atoms with Gasteiger partial charge in [0.15, 0.2) is 0 Å². The maximum absolute atomic E-state index is 6.29. The lowest BCUT2D eigenvalue weighted by molar-refractivity contribution is 0.152. The number of rotatable bonds is 4. The van der Waals surface area contributed by atoms with Gasteiger partial charge in [-0.1, -0.05) is 36.8 Å². The van der Waals surface area contributed by atoms with Crippen molar-refractivity contribution in [3.05, 3.63) is 71.8 Å². The van der Waals surface area contributed by atoms with Crippen LogP contribution in [0.3, 0.4) is 0 Å². The minimum atomic E-state index is 0.170. The molecule has 2 aliphatic heterocycles. The van der Waals surface area contributed by atoms with Crippen molar-refractivity contribution in [3.8, 4) is 11.5 Å². The first-order valence-corrected chi connectivity index (χ1v) is 13.0. The minimum Gasteiger partial charge on any atom is -0.490 e. The molecule has 1 saturated heterocycles. The lowest BCUT2D eigenvalue weighted by atomic mass is 9.94.